The van der Waals surface area contributed by atoms with Crippen molar-refractivity contribution in [1.82, 2.24) is 10.6 Å². The van der Waals surface area contributed by atoms with Crippen LogP contribution in [0.4, 0.5) is 16.2 Å². The predicted molar refractivity (Wildman–Crippen MR) is 164 cm³/mol. The molecular formula is C29H36Cl3N5O3. The second kappa shape index (κ2) is 16.5. The molecular weight excluding hydrogens is 573 g/mol. The van der Waals surface area contributed by atoms with Gasteiger partial charge in [0.15, 0.2) is 0 Å². The number of unbranched alkanes of at least 4 members (excludes halogenated alkanes) is 9. The zero-order chi connectivity index (χ0) is 28.9. The van der Waals surface area contributed by atoms with Gasteiger partial charge in [-0.15, -0.1) is 0 Å². The van der Waals surface area contributed by atoms with Gasteiger partial charge in [0.25, 0.3) is 11.8 Å². The fourth-order valence-corrected chi connectivity index (χ4v) is 5.32. The van der Waals surface area contributed by atoms with Gasteiger partial charge < -0.3 is 16.0 Å². The molecule has 40 heavy (non-hydrogen) atoms. The van der Waals surface area contributed by atoms with Gasteiger partial charge in [-0.25, -0.2) is 4.79 Å². The number of carbonyl (C=O) groups excluding carboxylic acids is 3. The molecule has 3 N–H and O–H groups in total. The van der Waals surface area contributed by atoms with Crippen molar-refractivity contribution in [3.8, 4) is 0 Å². The smallest absolute Gasteiger partial charge is 0.319 e. The molecule has 0 fully saturated rings. The number of anilines is 2. The number of rotatable bonds is 14. The van der Waals surface area contributed by atoms with Crippen LogP contribution in [-0.4, -0.2) is 30.2 Å². The average Bonchev–Trinajstić information content (AvgIpc) is 3.25. The monoisotopic (exact) mass is 607 g/mol. The zero-order valence-corrected chi connectivity index (χ0v) is 25.0. The molecule has 0 aliphatic carbocycles. The van der Waals surface area contributed by atoms with E-state index in [0.29, 0.717) is 22.8 Å². The molecule has 2 aromatic rings. The number of hydrazone groups is 1. The van der Waals surface area contributed by atoms with Crippen molar-refractivity contribution in [2.45, 2.75) is 77.6 Å². The summed E-state index contributed by atoms with van der Waals surface area (Å²) >= 11 is 18.4. The molecule has 2 aromatic carbocycles. The van der Waals surface area contributed by atoms with Crippen LogP contribution in [0.25, 0.3) is 0 Å². The molecule has 0 atom stereocenters. The van der Waals surface area contributed by atoms with Gasteiger partial charge in [-0.3, -0.25) is 9.59 Å². The number of hydrogen-bond donors (Lipinski definition) is 3. The summed E-state index contributed by atoms with van der Waals surface area (Å²) in [5.74, 6) is -0.739. The lowest BCUT2D eigenvalue weighted by molar-refractivity contribution is -0.116. The number of benzene rings is 2. The van der Waals surface area contributed by atoms with Crippen LogP contribution in [0.2, 0.25) is 15.1 Å². The van der Waals surface area contributed by atoms with Crippen molar-refractivity contribution in [2.75, 3.05) is 16.9 Å². The van der Waals surface area contributed by atoms with Gasteiger partial charge in [-0.2, -0.15) is 10.1 Å². The van der Waals surface area contributed by atoms with E-state index in [9.17, 15) is 14.4 Å². The molecule has 0 unspecified atom stereocenters. The Kier molecular flexibility index (Phi) is 13.0. The number of halogens is 3. The Labute approximate surface area is 250 Å². The van der Waals surface area contributed by atoms with Crippen molar-refractivity contribution in [3.63, 3.8) is 0 Å². The Hall–Kier alpha value is -2.81. The maximum absolute atomic E-state index is 12.8. The van der Waals surface area contributed by atoms with E-state index < -0.39 is 11.8 Å². The summed E-state index contributed by atoms with van der Waals surface area (Å²) < 4.78 is 0. The van der Waals surface area contributed by atoms with Crippen molar-refractivity contribution in [2.24, 2.45) is 5.10 Å². The molecule has 216 valence electrons. The number of urea groups is 1. The first-order valence-corrected chi connectivity index (χ1v) is 14.9. The van der Waals surface area contributed by atoms with Gasteiger partial charge in [-0.05, 0) is 36.8 Å². The number of nitrogens with zero attached hydrogens (tertiary/aromatic N) is 2. The van der Waals surface area contributed by atoms with Crippen molar-refractivity contribution < 1.29 is 14.4 Å². The highest BCUT2D eigenvalue weighted by atomic mass is 35.5. The third-order valence-corrected chi connectivity index (χ3v) is 7.22. The van der Waals surface area contributed by atoms with Crippen LogP contribution in [0.1, 0.15) is 87.9 Å². The van der Waals surface area contributed by atoms with E-state index in [1.165, 1.54) is 63.5 Å². The van der Waals surface area contributed by atoms with Crippen LogP contribution in [-0.2, 0) is 4.79 Å². The minimum absolute atomic E-state index is 0.139. The van der Waals surface area contributed by atoms with Crippen molar-refractivity contribution >= 4 is 69.9 Å². The van der Waals surface area contributed by atoms with Gasteiger partial charge in [0.1, 0.15) is 11.5 Å². The highest BCUT2D eigenvalue weighted by Crippen LogP contribution is 2.38. The molecule has 0 saturated heterocycles. The van der Waals surface area contributed by atoms with Crippen molar-refractivity contribution in [1.29, 1.82) is 0 Å². The lowest BCUT2D eigenvalue weighted by Crippen LogP contribution is -2.31. The molecule has 0 aromatic heterocycles. The van der Waals surface area contributed by atoms with Crippen molar-refractivity contribution in [3.05, 3.63) is 57.0 Å². The third-order valence-electron chi connectivity index (χ3n) is 6.43. The minimum Gasteiger partial charge on any atom is -0.338 e. The largest absolute Gasteiger partial charge is 0.338 e. The predicted octanol–water partition coefficient (Wildman–Crippen LogP) is 8.17. The van der Waals surface area contributed by atoms with E-state index >= 15 is 0 Å². The van der Waals surface area contributed by atoms with Gasteiger partial charge >= 0.3 is 6.03 Å². The van der Waals surface area contributed by atoms with E-state index in [0.717, 1.165) is 17.9 Å². The van der Waals surface area contributed by atoms with Crippen LogP contribution in [0.5, 0.6) is 0 Å². The van der Waals surface area contributed by atoms with E-state index in [1.54, 1.807) is 24.3 Å². The summed E-state index contributed by atoms with van der Waals surface area (Å²) in [4.78, 5) is 37.7. The van der Waals surface area contributed by atoms with Crippen LogP contribution in [0.15, 0.2) is 41.5 Å². The summed E-state index contributed by atoms with van der Waals surface area (Å²) in [6.45, 7) is 2.82. The van der Waals surface area contributed by atoms with E-state index in [1.807, 2.05) is 0 Å². The van der Waals surface area contributed by atoms with Crippen LogP contribution in [0, 0.1) is 0 Å². The molecule has 0 saturated carbocycles. The second-order valence-corrected chi connectivity index (χ2v) is 11.0. The van der Waals surface area contributed by atoms with E-state index in [4.69, 9.17) is 34.8 Å². The first-order valence-electron chi connectivity index (χ1n) is 13.8. The molecule has 0 bridgehead atoms. The second-order valence-electron chi connectivity index (χ2n) is 9.74. The molecule has 0 radical (unpaired) electrons. The molecule has 8 nitrogen and oxygen atoms in total. The topological polar surface area (TPSA) is 103 Å². The summed E-state index contributed by atoms with van der Waals surface area (Å²) in [5.41, 5.74) is 0.958. The average molecular weight is 609 g/mol. The zero-order valence-electron chi connectivity index (χ0n) is 22.7. The van der Waals surface area contributed by atoms with E-state index in [2.05, 4.69) is 28.0 Å². The highest BCUT2D eigenvalue weighted by Gasteiger charge is 2.30. The lowest BCUT2D eigenvalue weighted by Gasteiger charge is -2.15. The molecule has 0 spiro atoms. The quantitative estimate of drug-likeness (QED) is 0.188. The summed E-state index contributed by atoms with van der Waals surface area (Å²) in [5, 5.41) is 14.1. The molecule has 1 aliphatic rings. The van der Waals surface area contributed by atoms with Gasteiger partial charge in [0, 0.05) is 22.8 Å². The molecule has 11 heteroatoms. The van der Waals surface area contributed by atoms with E-state index in [-0.39, 0.29) is 34.0 Å². The molecule has 1 heterocycles. The summed E-state index contributed by atoms with van der Waals surface area (Å²) in [6.07, 6.45) is 12.2. The Bertz CT molecular complexity index is 1200. The SMILES string of the molecule is CCCCCCCCCCCCNC(=O)Nc1cccc(C(=O)NC2=NN(c3c(Cl)cc(Cl)cc3Cl)C(=O)C2)c1. The maximum atomic E-state index is 12.8. The fourth-order valence-electron chi connectivity index (χ4n) is 4.34. The van der Waals surface area contributed by atoms with Gasteiger partial charge in [0.05, 0.1) is 16.5 Å². The lowest BCUT2D eigenvalue weighted by atomic mass is 10.1. The first kappa shape index (κ1) is 31.7. The highest BCUT2D eigenvalue weighted by molar-refractivity contribution is 6.42. The minimum atomic E-state index is -0.476. The number of nitrogens with one attached hydrogen (secondary N) is 3. The Morgan fingerprint density at radius 2 is 1.50 bits per heavy atom. The Morgan fingerprint density at radius 1 is 0.875 bits per heavy atom. The van der Waals surface area contributed by atoms with Crippen LogP contribution < -0.4 is 21.0 Å². The normalized spacial score (nSPS) is 12.8. The molecule has 1 aliphatic heterocycles. The van der Waals surface area contributed by atoms with Crippen LogP contribution in [0.3, 0.4) is 0 Å². The fraction of sp³-hybridized carbons (Fsp3) is 0.448. The Morgan fingerprint density at radius 3 is 2.15 bits per heavy atom. The van der Waals surface area contributed by atoms with Gasteiger partial charge in [-0.1, -0.05) is 106 Å². The Balaban J connectivity index is 1.42. The number of carbonyl (C=O) groups is 3. The first-order chi connectivity index (χ1) is 19.3. The van der Waals surface area contributed by atoms with Gasteiger partial charge in [0.2, 0.25) is 0 Å². The number of amidine groups is 1. The maximum Gasteiger partial charge on any atom is 0.319 e. The molecule has 3 rings (SSSR count). The third kappa shape index (κ3) is 9.98. The molecule has 4 amide bonds. The summed E-state index contributed by atoms with van der Waals surface area (Å²) in [6, 6.07) is 9.09. The standard InChI is InChI=1S/C29H36Cl3N5O3/c1-2-3-4-5-6-7-8-9-10-11-15-33-29(40)34-22-14-12-13-20(16-22)28(39)35-25-19-26(38)37(36-25)27-23(31)17-21(30)18-24(27)32/h12-14,16-18H,2-11,15,19H2,1H3,(H2,33,34,40)(H,35,36,39). The number of amides is 4. The number of hydrogen-bond acceptors (Lipinski definition) is 4. The summed E-state index contributed by atoms with van der Waals surface area (Å²) in [7, 11) is 0. The van der Waals surface area contributed by atoms with Crippen LogP contribution >= 0.6 is 34.8 Å².